The summed E-state index contributed by atoms with van der Waals surface area (Å²) in [7, 11) is 7.83. The summed E-state index contributed by atoms with van der Waals surface area (Å²) in [5, 5.41) is 12.3. The van der Waals surface area contributed by atoms with Crippen LogP contribution in [-0.4, -0.2) is 95.8 Å². The lowest BCUT2D eigenvalue weighted by atomic mass is 9.85. The quantitative estimate of drug-likeness (QED) is 0.139. The van der Waals surface area contributed by atoms with Crippen LogP contribution in [0.1, 0.15) is 80.8 Å². The molecule has 11 heteroatoms. The van der Waals surface area contributed by atoms with Gasteiger partial charge in [0.25, 0.3) is 0 Å². The van der Waals surface area contributed by atoms with Gasteiger partial charge in [-0.1, -0.05) is 28.9 Å². The number of nitrogens with zero attached hydrogens (tertiary/aromatic N) is 9. The van der Waals surface area contributed by atoms with Crippen LogP contribution in [0.4, 0.5) is 0 Å². The third kappa shape index (κ3) is 8.36. The number of azide groups is 1. The topological polar surface area (TPSA) is 108 Å². The van der Waals surface area contributed by atoms with Gasteiger partial charge in [-0.3, -0.25) is 9.80 Å². The molecule has 8 rings (SSSR count). The molecule has 11 nitrogen and oxygen atoms in total. The first-order valence-corrected chi connectivity index (χ1v) is 18.0. The standard InChI is InChI=1S/C17H22N4O.C13H22N2.C8H8N3O/c1-20-13-4-3-5-15(20)17-16(10-13)21(19-18-17)11-12-6-8-14(22-2)9-7-12;1-14-11-5-4-6-12(14)10-13(9-11)15-7-2-3-8-15;1-12-8-4-2-7(3-5-8)6-10-11-9/h6-9,13,15H,3-5,10-11H2,1-2H3;9,11-12H,2-8,10H2,1H3;2,4-5H,6H2,1H3/q;;+1. The molecule has 0 N–H and O–H groups in total. The van der Waals surface area contributed by atoms with E-state index in [0.717, 1.165) is 42.1 Å². The van der Waals surface area contributed by atoms with Gasteiger partial charge >= 0.3 is 0 Å². The fourth-order valence-electron chi connectivity index (χ4n) is 8.09. The molecule has 6 aliphatic rings. The van der Waals surface area contributed by atoms with E-state index < -0.39 is 0 Å². The van der Waals surface area contributed by atoms with Crippen molar-refractivity contribution < 1.29 is 9.47 Å². The maximum atomic E-state index is 8.05. The second-order valence-electron chi connectivity index (χ2n) is 13.9. The lowest BCUT2D eigenvalue weighted by Crippen LogP contribution is -2.47. The average Bonchev–Trinajstić information content (AvgIpc) is 3.80. The van der Waals surface area contributed by atoms with E-state index in [1.165, 1.54) is 87.8 Å². The van der Waals surface area contributed by atoms with Crippen molar-refractivity contribution in [3.05, 3.63) is 99.1 Å². The second kappa shape index (κ2) is 16.5. The number of likely N-dealkylation sites (N-methyl/N-ethyl adjacent to an activating group) is 2. The fraction of sp³-hybridized carbons (Fsp3) is 0.579. The zero-order valence-corrected chi connectivity index (χ0v) is 29.7. The van der Waals surface area contributed by atoms with Gasteiger partial charge < -0.3 is 14.4 Å². The maximum absolute atomic E-state index is 8.05. The van der Waals surface area contributed by atoms with Gasteiger partial charge in [-0.2, -0.15) is 0 Å². The Labute approximate surface area is 291 Å². The van der Waals surface area contributed by atoms with E-state index in [0.29, 0.717) is 18.6 Å². The van der Waals surface area contributed by atoms with Crippen molar-refractivity contribution in [1.82, 2.24) is 29.7 Å². The van der Waals surface area contributed by atoms with Gasteiger partial charge in [0.1, 0.15) is 23.1 Å². The van der Waals surface area contributed by atoms with E-state index in [2.05, 4.69) is 78.1 Å². The Morgan fingerprint density at radius 3 is 2.35 bits per heavy atom. The minimum atomic E-state index is 0.334. The second-order valence-corrected chi connectivity index (χ2v) is 13.9. The molecule has 3 saturated heterocycles. The summed E-state index contributed by atoms with van der Waals surface area (Å²) in [5.74, 6) is 1.64. The molecule has 0 spiro atoms. The van der Waals surface area contributed by atoms with Gasteiger partial charge in [0, 0.05) is 60.7 Å². The molecular formula is C38H52N9O2+. The number of allylic oxidation sites excluding steroid dienone is 3. The van der Waals surface area contributed by atoms with Crippen LogP contribution < -0.4 is 4.74 Å². The van der Waals surface area contributed by atoms with Crippen LogP contribution in [0, 0.1) is 6.08 Å². The van der Waals surface area contributed by atoms with Crippen molar-refractivity contribution in [3.63, 3.8) is 0 Å². The highest BCUT2D eigenvalue weighted by Gasteiger charge is 2.38. The first-order chi connectivity index (χ1) is 24.0. The van der Waals surface area contributed by atoms with Gasteiger partial charge in [-0.05, 0) is 88.3 Å². The summed E-state index contributed by atoms with van der Waals surface area (Å²) in [6.07, 6.45) is 24.1. The molecule has 260 valence electrons. The molecule has 0 radical (unpaired) electrons. The normalized spacial score (nSPS) is 25.5. The Bertz CT molecular complexity index is 1580. The summed E-state index contributed by atoms with van der Waals surface area (Å²) in [6.45, 7) is 3.75. The van der Waals surface area contributed by atoms with Crippen LogP contribution in [0.2, 0.25) is 0 Å². The number of piperidine rings is 2. The molecule has 4 bridgehead atoms. The molecule has 5 aliphatic heterocycles. The van der Waals surface area contributed by atoms with E-state index in [9.17, 15) is 0 Å². The third-order valence-corrected chi connectivity index (χ3v) is 11.1. The number of aromatic nitrogens is 3. The van der Waals surface area contributed by atoms with E-state index in [4.69, 9.17) is 15.0 Å². The molecule has 2 aromatic rings. The van der Waals surface area contributed by atoms with Gasteiger partial charge in [-0.15, -0.1) is 5.10 Å². The van der Waals surface area contributed by atoms with Crippen LogP contribution in [0.5, 0.6) is 5.75 Å². The monoisotopic (exact) mass is 666 g/mol. The van der Waals surface area contributed by atoms with Crippen molar-refractivity contribution in [1.29, 1.82) is 0 Å². The summed E-state index contributed by atoms with van der Waals surface area (Å²) < 4.78 is 12.2. The average molecular weight is 667 g/mol. The van der Waals surface area contributed by atoms with Crippen LogP contribution >= 0.6 is 0 Å². The molecule has 1 aromatic carbocycles. The van der Waals surface area contributed by atoms with Crippen molar-refractivity contribution in [2.24, 2.45) is 5.11 Å². The van der Waals surface area contributed by atoms with Gasteiger partial charge in [0.15, 0.2) is 0 Å². The van der Waals surface area contributed by atoms with Crippen LogP contribution in [0.15, 0.2) is 70.7 Å². The van der Waals surface area contributed by atoms with Crippen LogP contribution in [-0.2, 0) is 17.7 Å². The molecule has 49 heavy (non-hydrogen) atoms. The van der Waals surface area contributed by atoms with Gasteiger partial charge in [0.05, 0.1) is 51.2 Å². The highest BCUT2D eigenvalue weighted by atomic mass is 16.5. The Kier molecular flexibility index (Phi) is 11.7. The largest absolute Gasteiger partial charge is 0.497 e. The number of ether oxygens (including phenoxy) is 2. The number of rotatable bonds is 7. The molecule has 4 atom stereocenters. The predicted octanol–water partition coefficient (Wildman–Crippen LogP) is 6.77. The number of fused-ring (bicyclic) bond motifs is 6. The third-order valence-electron chi connectivity index (χ3n) is 11.1. The van der Waals surface area contributed by atoms with E-state index in [1.807, 2.05) is 18.2 Å². The van der Waals surface area contributed by atoms with E-state index >= 15 is 0 Å². The highest BCUT2D eigenvalue weighted by molar-refractivity contribution is 5.33. The molecule has 3 fully saturated rings. The molecule has 1 aromatic heterocycles. The maximum Gasteiger partial charge on any atom is 0.233 e. The zero-order valence-electron chi connectivity index (χ0n) is 29.7. The van der Waals surface area contributed by atoms with Gasteiger partial charge in [-0.25, -0.2) is 4.68 Å². The van der Waals surface area contributed by atoms with Crippen molar-refractivity contribution in [2.75, 3.05) is 47.9 Å². The van der Waals surface area contributed by atoms with E-state index in [-0.39, 0.29) is 0 Å². The number of hydrogen-bond donors (Lipinski definition) is 0. The molecule has 0 amide bonds. The minimum absolute atomic E-state index is 0.334. The number of hydrogen-bond acceptors (Lipinski definition) is 8. The number of likely N-dealkylation sites (tertiary alicyclic amines) is 1. The zero-order chi connectivity index (χ0) is 34.2. The fourth-order valence-corrected chi connectivity index (χ4v) is 8.09. The predicted molar refractivity (Wildman–Crippen MR) is 192 cm³/mol. The number of benzene rings is 1. The Morgan fingerprint density at radius 1 is 0.918 bits per heavy atom. The Hall–Kier alpha value is -4.14. The first kappa shape index (κ1) is 34.7. The lowest BCUT2D eigenvalue weighted by molar-refractivity contribution is 0.0953. The SMILES string of the molecule is CN1C2C=C(N3CCCC3)CC1CCC2.COC1=C[C+]=C(CN=[N+]=[N-])C=C1.COc1ccc(Cn2nnc3c2CC2CCCC3N2C)cc1. The molecule has 4 unspecified atom stereocenters. The number of methoxy groups -OCH3 is 2. The lowest BCUT2D eigenvalue weighted by Gasteiger charge is -2.44. The summed E-state index contributed by atoms with van der Waals surface area (Å²) in [4.78, 5) is 10.4. The van der Waals surface area contributed by atoms with Crippen LogP contribution in [0.25, 0.3) is 10.4 Å². The minimum Gasteiger partial charge on any atom is -0.497 e. The summed E-state index contributed by atoms with van der Waals surface area (Å²) in [5.41, 5.74) is 14.3. The smallest absolute Gasteiger partial charge is 0.233 e. The Morgan fingerprint density at radius 2 is 1.67 bits per heavy atom. The highest BCUT2D eigenvalue weighted by Crippen LogP contribution is 2.39. The molecular weight excluding hydrogens is 614 g/mol. The molecule has 1 aliphatic carbocycles. The van der Waals surface area contributed by atoms with Crippen LogP contribution in [0.3, 0.4) is 0 Å². The molecule has 0 saturated carbocycles. The first-order valence-electron chi connectivity index (χ1n) is 18.0. The van der Waals surface area contributed by atoms with Crippen molar-refractivity contribution >= 4 is 0 Å². The van der Waals surface area contributed by atoms with E-state index in [1.54, 1.807) is 32.1 Å². The molecule has 6 heterocycles. The van der Waals surface area contributed by atoms with Gasteiger partial charge in [0.2, 0.25) is 5.76 Å². The Balaban J connectivity index is 0.000000135. The summed E-state index contributed by atoms with van der Waals surface area (Å²) in [6, 6.07) is 10.9. The summed E-state index contributed by atoms with van der Waals surface area (Å²) >= 11 is 0. The van der Waals surface area contributed by atoms with Crippen molar-refractivity contribution in [2.45, 2.75) is 94.9 Å². The van der Waals surface area contributed by atoms with Crippen molar-refractivity contribution in [3.8, 4) is 5.75 Å².